The molecule has 0 saturated carbocycles. The number of likely N-dealkylation sites (N-methyl/N-ethyl adjacent to an activating group) is 1. The van der Waals surface area contributed by atoms with Crippen molar-refractivity contribution in [2.75, 3.05) is 39.8 Å². The first-order valence-corrected chi connectivity index (χ1v) is 13.3. The first-order valence-electron chi connectivity index (χ1n) is 12.9. The molecule has 1 N–H and O–H groups in total. The normalized spacial score (nSPS) is 25.0. The van der Waals surface area contributed by atoms with E-state index in [2.05, 4.69) is 37.9 Å². The van der Waals surface area contributed by atoms with Gasteiger partial charge < -0.3 is 24.4 Å². The van der Waals surface area contributed by atoms with Crippen LogP contribution in [-0.4, -0.2) is 76.1 Å². The molecule has 3 aliphatic heterocycles. The van der Waals surface area contributed by atoms with Crippen LogP contribution in [-0.2, 0) is 4.79 Å². The van der Waals surface area contributed by atoms with Gasteiger partial charge in [-0.05, 0) is 58.3 Å². The monoisotopic (exact) mass is 514 g/mol. The number of hydrogen-bond acceptors (Lipinski definition) is 6. The molecule has 0 spiro atoms. The van der Waals surface area contributed by atoms with E-state index in [1.54, 1.807) is 13.1 Å². The van der Waals surface area contributed by atoms with Crippen LogP contribution in [0.4, 0.5) is 4.39 Å². The molecule has 3 saturated heterocycles. The Balaban J connectivity index is 1.58. The Bertz CT molecular complexity index is 1320. The van der Waals surface area contributed by atoms with Crippen molar-refractivity contribution in [3.63, 3.8) is 0 Å². The number of fused-ring (bicyclic) bond motifs is 3. The van der Waals surface area contributed by atoms with Gasteiger partial charge in [-0.1, -0.05) is 11.6 Å². The van der Waals surface area contributed by atoms with Gasteiger partial charge in [-0.3, -0.25) is 4.79 Å². The lowest BCUT2D eigenvalue weighted by atomic mass is 10.1. The maximum atomic E-state index is 15.3. The summed E-state index contributed by atoms with van der Waals surface area (Å²) >= 11 is 6.09. The van der Waals surface area contributed by atoms with Crippen LogP contribution in [0.2, 0.25) is 5.15 Å². The highest BCUT2D eigenvalue weighted by Gasteiger charge is 2.35. The number of nitrogens with zero attached hydrogens (tertiary/aromatic N) is 5. The molecule has 36 heavy (non-hydrogen) atoms. The van der Waals surface area contributed by atoms with Gasteiger partial charge in [0.15, 0.2) is 11.0 Å². The zero-order valence-corrected chi connectivity index (χ0v) is 21.5. The Morgan fingerprint density at radius 3 is 2.81 bits per heavy atom. The predicted molar refractivity (Wildman–Crippen MR) is 137 cm³/mol. The van der Waals surface area contributed by atoms with Crippen molar-refractivity contribution in [1.29, 1.82) is 0 Å². The average Bonchev–Trinajstić information content (AvgIpc) is 3.65. The summed E-state index contributed by atoms with van der Waals surface area (Å²) in [6.45, 7) is 5.62. The van der Waals surface area contributed by atoms with E-state index in [0.29, 0.717) is 23.9 Å². The molecule has 0 bridgehead atoms. The Labute approximate surface area is 214 Å². The molecule has 1 amide bonds. The highest BCUT2D eigenvalue weighted by atomic mass is 35.5. The second kappa shape index (κ2) is 9.43. The molecule has 3 atom stereocenters. The summed E-state index contributed by atoms with van der Waals surface area (Å²) in [5.41, 5.74) is 2.08. The minimum absolute atomic E-state index is 0.0375. The number of aromatic nitrogens is 3. The van der Waals surface area contributed by atoms with Crippen molar-refractivity contribution in [3.8, 4) is 5.88 Å². The van der Waals surface area contributed by atoms with Crippen molar-refractivity contribution in [2.45, 2.75) is 57.2 Å². The lowest BCUT2D eigenvalue weighted by Crippen LogP contribution is -2.30. The molecule has 8 nitrogen and oxygen atoms in total. The Hall–Kier alpha value is -2.49. The summed E-state index contributed by atoms with van der Waals surface area (Å²) in [4.78, 5) is 25.5. The standard InChI is InChI=1S/C26H32ClFN6O2/c1-15(35)33-10-4-6-20(33)21-11-18-24(34(21)16-7-8-29-12-16)19-13-30-25(27)22(28)23(19)31-26(18)36-14-17-5-3-9-32(17)2/h11,13,16-17,20,29H,3-10,12,14H2,1-2H3. The molecular formula is C26H32ClFN6O2. The van der Waals surface area contributed by atoms with Crippen LogP contribution in [0.3, 0.4) is 0 Å². The van der Waals surface area contributed by atoms with Crippen LogP contribution in [0.15, 0.2) is 12.3 Å². The van der Waals surface area contributed by atoms with Crippen LogP contribution in [0.1, 0.15) is 56.8 Å². The van der Waals surface area contributed by atoms with Crippen LogP contribution in [0, 0.1) is 5.82 Å². The number of ether oxygens (including phenoxy) is 1. The topological polar surface area (TPSA) is 75.5 Å². The summed E-state index contributed by atoms with van der Waals surface area (Å²) < 4.78 is 24.0. The number of likely N-dealkylation sites (tertiary alicyclic amines) is 2. The number of hydrogen-bond donors (Lipinski definition) is 1. The lowest BCUT2D eigenvalue weighted by Gasteiger charge is -2.27. The maximum Gasteiger partial charge on any atom is 0.223 e. The van der Waals surface area contributed by atoms with Crippen LogP contribution >= 0.6 is 11.6 Å². The van der Waals surface area contributed by atoms with Crippen LogP contribution < -0.4 is 10.1 Å². The van der Waals surface area contributed by atoms with Gasteiger partial charge in [0.05, 0.1) is 16.9 Å². The molecule has 3 aliphatic rings. The fourth-order valence-electron chi connectivity index (χ4n) is 6.32. The molecule has 6 rings (SSSR count). The third-order valence-corrected chi connectivity index (χ3v) is 8.46. The molecule has 6 heterocycles. The molecule has 192 valence electrons. The first kappa shape index (κ1) is 23.9. The molecule has 3 aromatic rings. The highest BCUT2D eigenvalue weighted by Crippen LogP contribution is 2.43. The smallest absolute Gasteiger partial charge is 0.223 e. The Kier molecular flexibility index (Phi) is 6.25. The van der Waals surface area contributed by atoms with Crippen molar-refractivity contribution in [3.05, 3.63) is 28.9 Å². The van der Waals surface area contributed by atoms with Gasteiger partial charge in [0.25, 0.3) is 0 Å². The van der Waals surface area contributed by atoms with Gasteiger partial charge in [-0.15, -0.1) is 0 Å². The third kappa shape index (κ3) is 3.92. The number of halogens is 2. The Morgan fingerprint density at radius 2 is 2.08 bits per heavy atom. The molecule has 3 aromatic heterocycles. The number of amides is 1. The fourth-order valence-corrected chi connectivity index (χ4v) is 6.46. The second-order valence-corrected chi connectivity index (χ2v) is 10.7. The summed E-state index contributed by atoms with van der Waals surface area (Å²) in [6.07, 6.45) is 6.61. The largest absolute Gasteiger partial charge is 0.476 e. The summed E-state index contributed by atoms with van der Waals surface area (Å²) in [5, 5.41) is 4.71. The molecule has 0 aliphatic carbocycles. The molecule has 0 radical (unpaired) electrons. The van der Waals surface area contributed by atoms with Gasteiger partial charge in [0, 0.05) is 49.4 Å². The summed E-state index contributed by atoms with van der Waals surface area (Å²) in [6, 6.07) is 2.55. The number of nitrogens with one attached hydrogen (secondary N) is 1. The average molecular weight is 515 g/mol. The molecule has 3 fully saturated rings. The van der Waals surface area contributed by atoms with Crippen molar-refractivity contribution in [2.24, 2.45) is 0 Å². The predicted octanol–water partition coefficient (Wildman–Crippen LogP) is 4.07. The van der Waals surface area contributed by atoms with Gasteiger partial charge >= 0.3 is 0 Å². The highest BCUT2D eigenvalue weighted by molar-refractivity contribution is 6.30. The lowest BCUT2D eigenvalue weighted by molar-refractivity contribution is -0.129. The van der Waals surface area contributed by atoms with E-state index < -0.39 is 5.82 Å². The maximum absolute atomic E-state index is 15.3. The first-order chi connectivity index (χ1) is 17.4. The van der Waals surface area contributed by atoms with E-state index in [0.717, 1.165) is 74.9 Å². The van der Waals surface area contributed by atoms with E-state index in [1.807, 2.05) is 4.90 Å². The SMILES string of the molecule is CC(=O)N1CCCC1c1cc2c(OCC3CCCN3C)nc3c(F)c(Cl)ncc3c2n1C1CCNC1. The number of carbonyl (C=O) groups is 1. The molecule has 0 aromatic carbocycles. The number of pyridine rings is 2. The molecular weight excluding hydrogens is 483 g/mol. The summed E-state index contributed by atoms with van der Waals surface area (Å²) in [7, 11) is 2.10. The van der Waals surface area contributed by atoms with Crippen molar-refractivity contribution >= 4 is 39.3 Å². The Morgan fingerprint density at radius 1 is 1.25 bits per heavy atom. The molecule has 10 heteroatoms. The number of carbonyl (C=O) groups excluding carboxylic acids is 1. The minimum atomic E-state index is -0.635. The molecule has 3 unspecified atom stereocenters. The van der Waals surface area contributed by atoms with Crippen LogP contribution in [0.5, 0.6) is 5.88 Å². The van der Waals surface area contributed by atoms with Gasteiger partial charge in [0.1, 0.15) is 12.1 Å². The van der Waals surface area contributed by atoms with Gasteiger partial charge in [0.2, 0.25) is 11.8 Å². The van der Waals surface area contributed by atoms with E-state index in [-0.39, 0.29) is 28.7 Å². The second-order valence-electron chi connectivity index (χ2n) is 10.3. The quantitative estimate of drug-likeness (QED) is 0.517. The fraction of sp³-hybridized carbons (Fsp3) is 0.577. The van der Waals surface area contributed by atoms with E-state index in [4.69, 9.17) is 16.3 Å². The van der Waals surface area contributed by atoms with Crippen molar-refractivity contribution < 1.29 is 13.9 Å². The third-order valence-electron chi connectivity index (χ3n) is 8.20. The summed E-state index contributed by atoms with van der Waals surface area (Å²) in [5.74, 6) is -0.150. The van der Waals surface area contributed by atoms with E-state index in [9.17, 15) is 4.79 Å². The van der Waals surface area contributed by atoms with E-state index in [1.165, 1.54) is 0 Å². The number of rotatable bonds is 5. The minimum Gasteiger partial charge on any atom is -0.476 e. The van der Waals surface area contributed by atoms with Crippen molar-refractivity contribution in [1.82, 2.24) is 29.7 Å². The van der Waals surface area contributed by atoms with Gasteiger partial charge in [-0.25, -0.2) is 14.4 Å². The van der Waals surface area contributed by atoms with Gasteiger partial charge in [-0.2, -0.15) is 0 Å². The van der Waals surface area contributed by atoms with Crippen LogP contribution in [0.25, 0.3) is 21.8 Å². The zero-order chi connectivity index (χ0) is 25.0. The van der Waals surface area contributed by atoms with E-state index >= 15 is 4.39 Å². The zero-order valence-electron chi connectivity index (χ0n) is 20.8.